The fourth-order valence-electron chi connectivity index (χ4n) is 2.56. The van der Waals surface area contributed by atoms with Crippen molar-refractivity contribution >= 4 is 41.0 Å². The third kappa shape index (κ3) is 4.52. The Bertz CT molecular complexity index is 839. The second-order valence-corrected chi connectivity index (χ2v) is 6.48. The van der Waals surface area contributed by atoms with Gasteiger partial charge in [-0.25, -0.2) is 9.82 Å². The Morgan fingerprint density at radius 1 is 1.19 bits per heavy atom. The molecule has 1 aliphatic heterocycles. The van der Waals surface area contributed by atoms with E-state index in [9.17, 15) is 9.18 Å². The van der Waals surface area contributed by atoms with E-state index in [0.717, 1.165) is 0 Å². The van der Waals surface area contributed by atoms with E-state index in [4.69, 9.17) is 27.9 Å². The van der Waals surface area contributed by atoms with Crippen LogP contribution in [-0.2, 0) is 4.74 Å². The molecule has 0 radical (unpaired) electrons. The predicted molar refractivity (Wildman–Crippen MR) is 101 cm³/mol. The van der Waals surface area contributed by atoms with Crippen molar-refractivity contribution in [1.29, 1.82) is 0 Å². The lowest BCUT2D eigenvalue weighted by molar-refractivity contribution is 0.0955. The van der Waals surface area contributed by atoms with E-state index >= 15 is 0 Å². The van der Waals surface area contributed by atoms with Crippen LogP contribution in [0.4, 0.5) is 10.1 Å². The maximum atomic E-state index is 14.3. The molecular weight excluding hydrogens is 380 g/mol. The second-order valence-electron chi connectivity index (χ2n) is 5.63. The number of morpholine rings is 1. The zero-order valence-corrected chi connectivity index (χ0v) is 15.2. The lowest BCUT2D eigenvalue weighted by Gasteiger charge is -2.29. The van der Waals surface area contributed by atoms with Crippen molar-refractivity contribution in [3.05, 3.63) is 63.4 Å². The van der Waals surface area contributed by atoms with Gasteiger partial charge in [-0.3, -0.25) is 4.79 Å². The number of rotatable bonds is 4. The fourth-order valence-corrected chi connectivity index (χ4v) is 3.06. The van der Waals surface area contributed by atoms with Crippen molar-refractivity contribution in [2.75, 3.05) is 31.2 Å². The number of benzene rings is 2. The lowest BCUT2D eigenvalue weighted by atomic mass is 10.2. The molecule has 1 amide bonds. The summed E-state index contributed by atoms with van der Waals surface area (Å²) in [6.07, 6.45) is 1.37. The van der Waals surface area contributed by atoms with Crippen LogP contribution >= 0.6 is 23.2 Å². The average Bonchev–Trinajstić information content (AvgIpc) is 2.62. The quantitative estimate of drug-likeness (QED) is 0.633. The number of ether oxygens (including phenoxy) is 1. The number of carbonyl (C=O) groups excluding carboxylic acids is 1. The van der Waals surface area contributed by atoms with E-state index in [2.05, 4.69) is 10.5 Å². The molecule has 1 fully saturated rings. The van der Waals surface area contributed by atoms with Crippen molar-refractivity contribution in [2.24, 2.45) is 5.10 Å². The molecule has 8 heteroatoms. The molecule has 0 bridgehead atoms. The van der Waals surface area contributed by atoms with Crippen LogP contribution in [0.5, 0.6) is 0 Å². The van der Waals surface area contributed by atoms with Crippen LogP contribution in [0.3, 0.4) is 0 Å². The maximum Gasteiger partial charge on any atom is 0.272 e. The summed E-state index contributed by atoms with van der Waals surface area (Å²) >= 11 is 11.8. The van der Waals surface area contributed by atoms with E-state index in [0.29, 0.717) is 42.6 Å². The lowest BCUT2D eigenvalue weighted by Crippen LogP contribution is -2.36. The number of nitrogens with zero attached hydrogens (tertiary/aromatic N) is 2. The first-order valence-electron chi connectivity index (χ1n) is 7.95. The van der Waals surface area contributed by atoms with E-state index in [1.807, 2.05) is 4.90 Å². The SMILES string of the molecule is O=C(N/N=C\c1ccc(N2CCOCC2)c(F)c1)c1ccc(Cl)cc1Cl. The number of hydrogen-bond acceptors (Lipinski definition) is 4. The van der Waals surface area contributed by atoms with Gasteiger partial charge in [0.25, 0.3) is 5.91 Å². The van der Waals surface area contributed by atoms with Crippen molar-refractivity contribution in [3.8, 4) is 0 Å². The Morgan fingerprint density at radius 2 is 1.96 bits per heavy atom. The molecule has 0 atom stereocenters. The van der Waals surface area contributed by atoms with Crippen molar-refractivity contribution in [3.63, 3.8) is 0 Å². The van der Waals surface area contributed by atoms with E-state index in [-0.39, 0.29) is 16.4 Å². The molecule has 0 spiro atoms. The number of carbonyl (C=O) groups is 1. The first-order valence-corrected chi connectivity index (χ1v) is 8.71. The molecule has 26 heavy (non-hydrogen) atoms. The molecule has 0 aliphatic carbocycles. The first-order chi connectivity index (χ1) is 12.5. The molecule has 5 nitrogen and oxygen atoms in total. The summed E-state index contributed by atoms with van der Waals surface area (Å²) < 4.78 is 19.6. The number of hydrazone groups is 1. The molecule has 0 saturated carbocycles. The summed E-state index contributed by atoms with van der Waals surface area (Å²) in [7, 11) is 0. The largest absolute Gasteiger partial charge is 0.378 e. The zero-order chi connectivity index (χ0) is 18.5. The highest BCUT2D eigenvalue weighted by atomic mass is 35.5. The minimum atomic E-state index is -0.478. The van der Waals surface area contributed by atoms with Crippen molar-refractivity contribution < 1.29 is 13.9 Å². The molecule has 2 aromatic rings. The summed E-state index contributed by atoms with van der Waals surface area (Å²) in [5, 5.41) is 4.51. The Hall–Kier alpha value is -2.15. The molecule has 1 heterocycles. The Balaban J connectivity index is 1.65. The predicted octanol–water partition coefficient (Wildman–Crippen LogP) is 3.73. The van der Waals surface area contributed by atoms with Crippen LogP contribution in [0.1, 0.15) is 15.9 Å². The normalized spacial score (nSPS) is 14.7. The van der Waals surface area contributed by atoms with Gasteiger partial charge in [0.05, 0.1) is 35.7 Å². The zero-order valence-electron chi connectivity index (χ0n) is 13.7. The maximum absolute atomic E-state index is 14.3. The van der Waals surface area contributed by atoms with Crippen LogP contribution < -0.4 is 10.3 Å². The molecule has 136 valence electrons. The van der Waals surface area contributed by atoms with Gasteiger partial charge in [-0.2, -0.15) is 5.10 Å². The van der Waals surface area contributed by atoms with Crippen molar-refractivity contribution in [1.82, 2.24) is 5.43 Å². The third-order valence-electron chi connectivity index (χ3n) is 3.88. The first kappa shape index (κ1) is 18.6. The van der Waals surface area contributed by atoms with Gasteiger partial charge < -0.3 is 9.64 Å². The number of anilines is 1. The highest BCUT2D eigenvalue weighted by molar-refractivity contribution is 6.36. The van der Waals surface area contributed by atoms with Crippen LogP contribution in [0.2, 0.25) is 10.0 Å². The summed E-state index contributed by atoms with van der Waals surface area (Å²) in [5.41, 5.74) is 3.67. The van der Waals surface area contributed by atoms with Crippen LogP contribution in [0, 0.1) is 5.82 Å². The summed E-state index contributed by atoms with van der Waals surface area (Å²) in [4.78, 5) is 14.0. The molecule has 1 saturated heterocycles. The Labute approximate surface area is 160 Å². The molecular formula is C18H16Cl2FN3O2. The Morgan fingerprint density at radius 3 is 2.65 bits per heavy atom. The Kier molecular flexibility index (Phi) is 6.08. The highest BCUT2D eigenvalue weighted by Crippen LogP contribution is 2.22. The third-order valence-corrected chi connectivity index (χ3v) is 4.43. The fraction of sp³-hybridized carbons (Fsp3) is 0.222. The summed E-state index contributed by atoms with van der Waals surface area (Å²) in [6, 6.07) is 9.34. The van der Waals surface area contributed by atoms with Gasteiger partial charge in [-0.1, -0.05) is 29.3 Å². The van der Waals surface area contributed by atoms with Crippen LogP contribution in [0.15, 0.2) is 41.5 Å². The van der Waals surface area contributed by atoms with Gasteiger partial charge in [0, 0.05) is 18.1 Å². The van der Waals surface area contributed by atoms with Crippen molar-refractivity contribution in [2.45, 2.75) is 0 Å². The minimum Gasteiger partial charge on any atom is -0.378 e. The second kappa shape index (κ2) is 8.49. The minimum absolute atomic E-state index is 0.228. The molecule has 0 aromatic heterocycles. The molecule has 1 aliphatic rings. The topological polar surface area (TPSA) is 53.9 Å². The van der Waals surface area contributed by atoms with Gasteiger partial charge in [0.1, 0.15) is 5.82 Å². The molecule has 3 rings (SSSR count). The highest BCUT2D eigenvalue weighted by Gasteiger charge is 2.15. The van der Waals surface area contributed by atoms with Crippen LogP contribution in [0.25, 0.3) is 0 Å². The van der Waals surface area contributed by atoms with E-state index in [1.54, 1.807) is 18.2 Å². The summed E-state index contributed by atoms with van der Waals surface area (Å²) in [6.45, 7) is 2.48. The monoisotopic (exact) mass is 395 g/mol. The van der Waals surface area contributed by atoms with Gasteiger partial charge in [0.2, 0.25) is 0 Å². The van der Waals surface area contributed by atoms with Gasteiger partial charge in [0.15, 0.2) is 0 Å². The van der Waals surface area contributed by atoms with E-state index in [1.165, 1.54) is 24.4 Å². The van der Waals surface area contributed by atoms with E-state index < -0.39 is 5.91 Å². The smallest absolute Gasteiger partial charge is 0.272 e. The average molecular weight is 396 g/mol. The van der Waals surface area contributed by atoms with Gasteiger partial charge >= 0.3 is 0 Å². The molecule has 1 N–H and O–H groups in total. The standard InChI is InChI=1S/C18H16Cl2FN3O2/c19-13-2-3-14(15(20)10-13)18(25)23-22-11-12-1-4-17(16(21)9-12)24-5-7-26-8-6-24/h1-4,9-11H,5-8H2,(H,23,25)/b22-11-. The number of nitrogens with one attached hydrogen (secondary N) is 1. The number of halogens is 3. The van der Waals surface area contributed by atoms with Gasteiger partial charge in [-0.05, 0) is 35.9 Å². The number of amides is 1. The van der Waals surface area contributed by atoms with Crippen LogP contribution in [-0.4, -0.2) is 38.4 Å². The summed E-state index contributed by atoms with van der Waals surface area (Å²) in [5.74, 6) is -0.823. The molecule has 0 unspecified atom stereocenters. The molecule has 2 aromatic carbocycles. The van der Waals surface area contributed by atoms with Gasteiger partial charge in [-0.15, -0.1) is 0 Å². The number of hydrogen-bond donors (Lipinski definition) is 1.